The second-order valence-corrected chi connectivity index (χ2v) is 5.13. The van der Waals surface area contributed by atoms with Gasteiger partial charge in [0.2, 0.25) is 0 Å². The molecule has 1 unspecified atom stereocenters. The van der Waals surface area contributed by atoms with Crippen LogP contribution in [0.15, 0.2) is 23.4 Å². The van der Waals surface area contributed by atoms with E-state index in [0.717, 1.165) is 0 Å². The zero-order chi connectivity index (χ0) is 15.9. The maximum atomic E-state index is 13.9. The van der Waals surface area contributed by atoms with Gasteiger partial charge in [-0.1, -0.05) is 17.3 Å². The van der Waals surface area contributed by atoms with Gasteiger partial charge in [0.05, 0.1) is 5.60 Å². The summed E-state index contributed by atoms with van der Waals surface area (Å²) >= 11 is 0. The van der Waals surface area contributed by atoms with Crippen LogP contribution in [0.2, 0.25) is 0 Å². The maximum absolute atomic E-state index is 13.9. The van der Waals surface area contributed by atoms with E-state index in [4.69, 9.17) is 15.7 Å². The van der Waals surface area contributed by atoms with Gasteiger partial charge in [-0.05, 0) is 13.0 Å². The Hall–Kier alpha value is -1.70. The van der Waals surface area contributed by atoms with Gasteiger partial charge >= 0.3 is 0 Å². The molecule has 118 valence electrons. The summed E-state index contributed by atoms with van der Waals surface area (Å²) in [7, 11) is 1.57. The predicted molar refractivity (Wildman–Crippen MR) is 77.7 cm³/mol. The fourth-order valence-corrected chi connectivity index (χ4v) is 1.78. The molecule has 0 bridgehead atoms. The first-order valence-electron chi connectivity index (χ1n) is 6.58. The van der Waals surface area contributed by atoms with Gasteiger partial charge in [-0.2, -0.15) is 0 Å². The molecule has 7 heteroatoms. The van der Waals surface area contributed by atoms with Crippen LogP contribution >= 0.6 is 0 Å². The lowest BCUT2D eigenvalue weighted by Gasteiger charge is -2.23. The van der Waals surface area contributed by atoms with E-state index in [2.05, 4.69) is 10.5 Å². The minimum absolute atomic E-state index is 0.143. The number of rotatable bonds is 8. The van der Waals surface area contributed by atoms with Crippen molar-refractivity contribution in [2.45, 2.75) is 25.5 Å². The van der Waals surface area contributed by atoms with Crippen molar-refractivity contribution in [1.29, 1.82) is 0 Å². The van der Waals surface area contributed by atoms with E-state index < -0.39 is 11.4 Å². The molecule has 0 radical (unpaired) electrons. The van der Waals surface area contributed by atoms with Crippen LogP contribution in [0.5, 0.6) is 0 Å². The zero-order valence-electron chi connectivity index (χ0n) is 12.3. The lowest BCUT2D eigenvalue weighted by Crippen LogP contribution is -2.38. The van der Waals surface area contributed by atoms with Gasteiger partial charge < -0.3 is 26.1 Å². The third kappa shape index (κ3) is 5.66. The average Bonchev–Trinajstić information content (AvgIpc) is 2.46. The number of nitrogens with zero attached hydrogens (tertiary/aromatic N) is 1. The van der Waals surface area contributed by atoms with Crippen molar-refractivity contribution in [3.05, 3.63) is 35.1 Å². The van der Waals surface area contributed by atoms with E-state index in [-0.39, 0.29) is 12.4 Å². The minimum atomic E-state index is -0.916. The van der Waals surface area contributed by atoms with Crippen molar-refractivity contribution in [1.82, 2.24) is 5.32 Å². The normalized spacial score (nSPS) is 15.0. The van der Waals surface area contributed by atoms with Gasteiger partial charge in [-0.25, -0.2) is 4.39 Å². The van der Waals surface area contributed by atoms with Crippen molar-refractivity contribution < 1.29 is 19.4 Å². The molecular formula is C14H22FN3O3. The molecular weight excluding hydrogens is 277 g/mol. The Balaban J connectivity index is 2.56. The lowest BCUT2D eigenvalue weighted by atomic mass is 10.0. The van der Waals surface area contributed by atoms with Gasteiger partial charge in [0.1, 0.15) is 5.82 Å². The second-order valence-electron chi connectivity index (χ2n) is 5.13. The average molecular weight is 299 g/mol. The topological polar surface area (TPSA) is 100 Å². The van der Waals surface area contributed by atoms with Crippen molar-refractivity contribution >= 4 is 5.84 Å². The molecule has 21 heavy (non-hydrogen) atoms. The first-order chi connectivity index (χ1) is 9.89. The number of nitrogens with two attached hydrogens (primary N) is 1. The molecule has 5 N–H and O–H groups in total. The smallest absolute Gasteiger partial charge is 0.170 e. The van der Waals surface area contributed by atoms with Crippen LogP contribution in [0, 0.1) is 5.82 Å². The molecule has 0 aliphatic carbocycles. The molecule has 1 rings (SSSR count). The van der Waals surface area contributed by atoms with Crippen LogP contribution in [0.25, 0.3) is 0 Å². The van der Waals surface area contributed by atoms with Crippen LogP contribution < -0.4 is 11.1 Å². The fourth-order valence-electron chi connectivity index (χ4n) is 1.78. The Morgan fingerprint density at radius 3 is 2.81 bits per heavy atom. The van der Waals surface area contributed by atoms with E-state index in [1.54, 1.807) is 26.2 Å². The van der Waals surface area contributed by atoms with Gasteiger partial charge in [-0.3, -0.25) is 0 Å². The second kappa shape index (κ2) is 7.92. The van der Waals surface area contributed by atoms with Crippen LogP contribution in [0.3, 0.4) is 0 Å². The molecule has 1 aromatic carbocycles. The Kier molecular flexibility index (Phi) is 6.54. The Morgan fingerprint density at radius 2 is 2.24 bits per heavy atom. The van der Waals surface area contributed by atoms with Gasteiger partial charge in [0.25, 0.3) is 0 Å². The number of ether oxygens (including phenoxy) is 1. The highest BCUT2D eigenvalue weighted by Gasteiger charge is 2.19. The first-order valence-corrected chi connectivity index (χ1v) is 6.58. The zero-order valence-corrected chi connectivity index (χ0v) is 12.3. The molecule has 1 atom stereocenters. The highest BCUT2D eigenvalue weighted by molar-refractivity contribution is 5.97. The van der Waals surface area contributed by atoms with Gasteiger partial charge in [0.15, 0.2) is 5.84 Å². The fraction of sp³-hybridized carbons (Fsp3) is 0.500. The monoisotopic (exact) mass is 299 g/mol. The predicted octanol–water partition coefficient (Wildman–Crippen LogP) is 0.797. The van der Waals surface area contributed by atoms with E-state index in [1.807, 2.05) is 0 Å². The number of hydrogen-bond donors (Lipinski definition) is 4. The molecule has 0 aliphatic heterocycles. The number of oxime groups is 1. The summed E-state index contributed by atoms with van der Waals surface area (Å²) in [6, 6.07) is 4.33. The largest absolute Gasteiger partial charge is 0.409 e. The van der Waals surface area contributed by atoms with Gasteiger partial charge in [0, 0.05) is 44.4 Å². The number of nitrogens with one attached hydrogen (secondary N) is 1. The molecule has 0 aliphatic rings. The molecule has 1 aromatic rings. The number of aliphatic hydroxyl groups is 1. The third-order valence-corrected chi connectivity index (χ3v) is 3.12. The highest BCUT2D eigenvalue weighted by atomic mass is 19.1. The van der Waals surface area contributed by atoms with Crippen molar-refractivity contribution in [3.8, 4) is 0 Å². The summed E-state index contributed by atoms with van der Waals surface area (Å²) in [5.41, 5.74) is 5.22. The molecule has 0 saturated heterocycles. The van der Waals surface area contributed by atoms with Crippen molar-refractivity contribution in [2.75, 3.05) is 20.3 Å². The number of methoxy groups -OCH3 is 1. The SMILES string of the molecule is COCCC(C)(O)CNCc1ccc(/C(N)=N/O)cc1F. The van der Waals surface area contributed by atoms with Crippen molar-refractivity contribution in [3.63, 3.8) is 0 Å². The number of amidine groups is 1. The number of benzene rings is 1. The Labute approximate surface area is 123 Å². The summed E-state index contributed by atoms with van der Waals surface area (Å²) in [6.07, 6.45) is 0.488. The van der Waals surface area contributed by atoms with E-state index in [0.29, 0.717) is 30.7 Å². The Bertz CT molecular complexity index is 492. The van der Waals surface area contributed by atoms with Crippen LogP contribution in [0.1, 0.15) is 24.5 Å². The highest BCUT2D eigenvalue weighted by Crippen LogP contribution is 2.12. The van der Waals surface area contributed by atoms with Gasteiger partial charge in [-0.15, -0.1) is 0 Å². The molecule has 0 heterocycles. The third-order valence-electron chi connectivity index (χ3n) is 3.12. The Morgan fingerprint density at radius 1 is 1.52 bits per heavy atom. The molecule has 0 amide bonds. The standard InChI is InChI=1S/C14H22FN3O3/c1-14(19,5-6-21-2)9-17-8-11-4-3-10(7-12(11)15)13(16)18-20/h3-4,7,17,19-20H,5-6,8-9H2,1-2H3,(H2,16,18). The van der Waals surface area contributed by atoms with Crippen LogP contribution in [-0.2, 0) is 11.3 Å². The maximum Gasteiger partial charge on any atom is 0.170 e. The summed E-state index contributed by atoms with van der Waals surface area (Å²) in [5.74, 6) is -0.598. The van der Waals surface area contributed by atoms with E-state index in [9.17, 15) is 9.50 Å². The minimum Gasteiger partial charge on any atom is -0.409 e. The summed E-state index contributed by atoms with van der Waals surface area (Å²) < 4.78 is 18.8. The summed E-state index contributed by atoms with van der Waals surface area (Å²) in [5, 5.41) is 24.4. The van der Waals surface area contributed by atoms with Crippen LogP contribution in [0.4, 0.5) is 4.39 Å². The molecule has 0 spiro atoms. The molecule has 0 fully saturated rings. The van der Waals surface area contributed by atoms with Crippen molar-refractivity contribution in [2.24, 2.45) is 10.9 Å². The lowest BCUT2D eigenvalue weighted by molar-refractivity contribution is 0.0247. The molecule has 0 aromatic heterocycles. The van der Waals surface area contributed by atoms with Crippen LogP contribution in [-0.4, -0.2) is 42.0 Å². The molecule has 6 nitrogen and oxygen atoms in total. The quantitative estimate of drug-likeness (QED) is 0.246. The van der Waals surface area contributed by atoms with E-state index in [1.165, 1.54) is 6.07 Å². The number of halogens is 1. The summed E-state index contributed by atoms with van der Waals surface area (Å²) in [4.78, 5) is 0. The van der Waals surface area contributed by atoms with E-state index >= 15 is 0 Å². The summed E-state index contributed by atoms with van der Waals surface area (Å²) in [6.45, 7) is 2.73. The molecule has 0 saturated carbocycles. The first kappa shape index (κ1) is 17.4. The number of hydrogen-bond acceptors (Lipinski definition) is 5.